The number of allylic oxidation sites excluding steroid dienone is 4. The molecule has 0 aromatic heterocycles. The summed E-state index contributed by atoms with van der Waals surface area (Å²) in [5, 5.41) is 0. The lowest BCUT2D eigenvalue weighted by molar-refractivity contribution is 0.188. The number of hydrogen-bond acceptors (Lipinski definition) is 1. The summed E-state index contributed by atoms with van der Waals surface area (Å²) in [6, 6.07) is 0. The van der Waals surface area contributed by atoms with Crippen molar-refractivity contribution in [2.24, 2.45) is 5.92 Å². The molecule has 1 atom stereocenters. The van der Waals surface area contributed by atoms with Crippen LogP contribution in [0.5, 0.6) is 0 Å². The minimum Gasteiger partial charge on any atom is -0.493 e. The van der Waals surface area contributed by atoms with Crippen molar-refractivity contribution in [3.05, 3.63) is 34.1 Å². The maximum absolute atomic E-state index is 5.98. The topological polar surface area (TPSA) is 9.23 Å². The minimum atomic E-state index is 0.854. The normalized spacial score (nSPS) is 32.0. The molecule has 1 unspecified atom stereocenters. The lowest BCUT2D eigenvalue weighted by Gasteiger charge is -2.40. The van der Waals surface area contributed by atoms with Gasteiger partial charge >= 0.3 is 0 Å². The van der Waals surface area contributed by atoms with Crippen LogP contribution in [0.3, 0.4) is 0 Å². The zero-order chi connectivity index (χ0) is 10.5. The Bertz CT molecular complexity index is 436. The van der Waals surface area contributed by atoms with Gasteiger partial charge in [-0.25, -0.2) is 0 Å². The van der Waals surface area contributed by atoms with Crippen molar-refractivity contribution >= 4 is 0 Å². The molecule has 4 aliphatic carbocycles. The van der Waals surface area contributed by atoms with Crippen molar-refractivity contribution in [2.75, 3.05) is 6.61 Å². The molecule has 5 aliphatic rings. The van der Waals surface area contributed by atoms with E-state index in [0.29, 0.717) is 0 Å². The molecule has 0 spiro atoms. The average Bonchev–Trinajstić information content (AvgIpc) is 2.40. The molecule has 0 saturated heterocycles. The largest absolute Gasteiger partial charge is 0.493 e. The molecule has 16 heavy (non-hydrogen) atoms. The lowest BCUT2D eigenvalue weighted by atomic mass is 9.68. The van der Waals surface area contributed by atoms with Crippen LogP contribution in [-0.2, 0) is 4.74 Å². The van der Waals surface area contributed by atoms with E-state index in [0.717, 1.165) is 12.5 Å². The van der Waals surface area contributed by atoms with E-state index in [-0.39, 0.29) is 0 Å². The smallest absolute Gasteiger partial charge is 0.125 e. The van der Waals surface area contributed by atoms with Crippen molar-refractivity contribution in [3.63, 3.8) is 0 Å². The first kappa shape index (κ1) is 9.09. The molecule has 1 aliphatic heterocycles. The van der Waals surface area contributed by atoms with Crippen LogP contribution in [-0.4, -0.2) is 6.61 Å². The van der Waals surface area contributed by atoms with E-state index in [4.69, 9.17) is 4.74 Å². The van der Waals surface area contributed by atoms with E-state index >= 15 is 0 Å². The fourth-order valence-corrected chi connectivity index (χ4v) is 3.86. The Morgan fingerprint density at radius 2 is 2.12 bits per heavy atom. The van der Waals surface area contributed by atoms with Crippen molar-refractivity contribution in [1.82, 2.24) is 0 Å². The van der Waals surface area contributed by atoms with Crippen LogP contribution in [0.15, 0.2) is 34.1 Å². The van der Waals surface area contributed by atoms with Crippen LogP contribution in [0.4, 0.5) is 0 Å². The standard InChI is InChI=1S/C15H18O/c1-2-12-7-8-13-10-3-5-11(6-4-10)14(13)15(12)16-9-1/h5,10H,1-4,6-9H2. The highest BCUT2D eigenvalue weighted by Gasteiger charge is 2.36. The van der Waals surface area contributed by atoms with Crippen LogP contribution in [0.25, 0.3) is 0 Å². The predicted octanol–water partition coefficient (Wildman–Crippen LogP) is 3.88. The molecule has 0 saturated carbocycles. The van der Waals surface area contributed by atoms with E-state index in [1.165, 1.54) is 50.7 Å². The quantitative estimate of drug-likeness (QED) is 0.594. The summed E-state index contributed by atoms with van der Waals surface area (Å²) in [4.78, 5) is 0. The van der Waals surface area contributed by atoms with Gasteiger partial charge in [-0.3, -0.25) is 0 Å². The highest BCUT2D eigenvalue weighted by Crippen LogP contribution is 2.50. The molecule has 2 bridgehead atoms. The van der Waals surface area contributed by atoms with Gasteiger partial charge in [0, 0.05) is 5.57 Å². The van der Waals surface area contributed by atoms with Gasteiger partial charge in [-0.05, 0) is 62.0 Å². The molecule has 0 radical (unpaired) electrons. The molecule has 0 aromatic rings. The molecule has 5 rings (SSSR count). The Hall–Kier alpha value is -0.980. The maximum atomic E-state index is 5.98. The SMILES string of the molecule is C1=C2CCC(C1)C1=C2C2=C(CCCO2)CC1. The number of rotatable bonds is 0. The summed E-state index contributed by atoms with van der Waals surface area (Å²) in [7, 11) is 0. The predicted molar refractivity (Wildman–Crippen MR) is 63.9 cm³/mol. The second kappa shape index (κ2) is 3.26. The Morgan fingerprint density at radius 3 is 3.00 bits per heavy atom. The van der Waals surface area contributed by atoms with E-state index in [9.17, 15) is 0 Å². The molecule has 0 N–H and O–H groups in total. The van der Waals surface area contributed by atoms with Crippen molar-refractivity contribution in [3.8, 4) is 0 Å². The summed E-state index contributed by atoms with van der Waals surface area (Å²) in [5.41, 5.74) is 6.51. The van der Waals surface area contributed by atoms with Crippen LogP contribution in [0, 0.1) is 5.92 Å². The van der Waals surface area contributed by atoms with Crippen LogP contribution >= 0.6 is 0 Å². The second-order valence-corrected chi connectivity index (χ2v) is 5.49. The summed E-state index contributed by atoms with van der Waals surface area (Å²) >= 11 is 0. The van der Waals surface area contributed by atoms with Gasteiger partial charge in [-0.1, -0.05) is 11.6 Å². The first-order valence-electron chi connectivity index (χ1n) is 6.71. The highest BCUT2D eigenvalue weighted by molar-refractivity contribution is 5.56. The molecule has 1 heterocycles. The van der Waals surface area contributed by atoms with Gasteiger partial charge in [0.25, 0.3) is 0 Å². The molecule has 0 fully saturated rings. The van der Waals surface area contributed by atoms with E-state index < -0.39 is 0 Å². The number of hydrogen-bond donors (Lipinski definition) is 0. The molecule has 0 aromatic carbocycles. The summed E-state index contributed by atoms with van der Waals surface area (Å²) in [5.74, 6) is 2.16. The summed E-state index contributed by atoms with van der Waals surface area (Å²) < 4.78 is 5.98. The Balaban J connectivity index is 1.87. The lowest BCUT2D eigenvalue weighted by Crippen LogP contribution is -2.25. The van der Waals surface area contributed by atoms with Crippen molar-refractivity contribution < 1.29 is 4.74 Å². The molecule has 0 amide bonds. The van der Waals surface area contributed by atoms with Crippen LogP contribution in [0.1, 0.15) is 44.9 Å². The van der Waals surface area contributed by atoms with Crippen LogP contribution < -0.4 is 0 Å². The molecule has 1 nitrogen and oxygen atoms in total. The summed E-state index contributed by atoms with van der Waals surface area (Å²) in [6.07, 6.45) is 11.6. The van der Waals surface area contributed by atoms with Gasteiger partial charge in [0.2, 0.25) is 0 Å². The van der Waals surface area contributed by atoms with Gasteiger partial charge in [-0.2, -0.15) is 0 Å². The second-order valence-electron chi connectivity index (χ2n) is 5.49. The monoisotopic (exact) mass is 214 g/mol. The zero-order valence-corrected chi connectivity index (χ0v) is 9.72. The Labute approximate surface area is 96.9 Å². The van der Waals surface area contributed by atoms with Gasteiger partial charge in [0.1, 0.15) is 5.76 Å². The fraction of sp³-hybridized carbons (Fsp3) is 0.600. The molecule has 84 valence electrons. The van der Waals surface area contributed by atoms with E-state index in [1.54, 1.807) is 22.3 Å². The minimum absolute atomic E-state index is 0.854. The first-order chi connectivity index (χ1) is 7.93. The van der Waals surface area contributed by atoms with Crippen molar-refractivity contribution in [1.29, 1.82) is 0 Å². The third kappa shape index (κ3) is 1.12. The number of ether oxygens (including phenoxy) is 1. The van der Waals surface area contributed by atoms with Gasteiger partial charge in [0.15, 0.2) is 0 Å². The maximum Gasteiger partial charge on any atom is 0.125 e. The van der Waals surface area contributed by atoms with Gasteiger partial charge < -0.3 is 4.74 Å². The zero-order valence-electron chi connectivity index (χ0n) is 9.72. The Morgan fingerprint density at radius 1 is 1.12 bits per heavy atom. The first-order valence-corrected chi connectivity index (χ1v) is 6.71. The Kier molecular flexibility index (Phi) is 1.85. The van der Waals surface area contributed by atoms with E-state index in [1.807, 2.05) is 0 Å². The molecular formula is C15H18O. The average molecular weight is 214 g/mol. The van der Waals surface area contributed by atoms with Crippen molar-refractivity contribution in [2.45, 2.75) is 44.9 Å². The van der Waals surface area contributed by atoms with Gasteiger partial charge in [0.05, 0.1) is 6.61 Å². The number of fused-ring (bicyclic) bond motifs is 2. The van der Waals surface area contributed by atoms with Crippen LogP contribution in [0.2, 0.25) is 0 Å². The highest BCUT2D eigenvalue weighted by atomic mass is 16.5. The molecular weight excluding hydrogens is 196 g/mol. The third-order valence-corrected chi connectivity index (χ3v) is 4.66. The summed E-state index contributed by atoms with van der Waals surface area (Å²) in [6.45, 7) is 0.938. The van der Waals surface area contributed by atoms with E-state index in [2.05, 4.69) is 6.08 Å². The fourth-order valence-electron chi connectivity index (χ4n) is 3.86. The molecule has 1 heteroatoms. The third-order valence-electron chi connectivity index (χ3n) is 4.66. The van der Waals surface area contributed by atoms with Gasteiger partial charge in [-0.15, -0.1) is 0 Å².